The number of hydrogen-bond acceptors (Lipinski definition) is 3. The van der Waals surface area contributed by atoms with E-state index in [-0.39, 0.29) is 17.5 Å². The van der Waals surface area contributed by atoms with Gasteiger partial charge in [0, 0.05) is 6.04 Å². The van der Waals surface area contributed by atoms with Gasteiger partial charge in [-0.3, -0.25) is 0 Å². The van der Waals surface area contributed by atoms with Crippen LogP contribution in [0.3, 0.4) is 0 Å². The van der Waals surface area contributed by atoms with E-state index in [2.05, 4.69) is 11.6 Å². The fourth-order valence-corrected chi connectivity index (χ4v) is 4.26. The van der Waals surface area contributed by atoms with Crippen LogP contribution in [0.15, 0.2) is 23.1 Å². The van der Waals surface area contributed by atoms with Gasteiger partial charge < -0.3 is 5.11 Å². The molecule has 1 fully saturated rings. The summed E-state index contributed by atoms with van der Waals surface area (Å²) in [7, 11) is -3.85. The molecule has 6 heteroatoms. The third-order valence-electron chi connectivity index (χ3n) is 4.15. The molecular weight excluding hydrogens is 293 g/mol. The Labute approximate surface area is 125 Å². The third kappa shape index (κ3) is 4.02. The van der Waals surface area contributed by atoms with E-state index in [1.165, 1.54) is 12.1 Å². The topological polar surface area (TPSA) is 66.4 Å². The number of hydrogen-bond donors (Lipinski definition) is 2. The highest BCUT2D eigenvalue weighted by Gasteiger charge is 2.27. The lowest BCUT2D eigenvalue weighted by atomic mass is 9.85. The zero-order valence-electron chi connectivity index (χ0n) is 12.2. The molecule has 0 heterocycles. The smallest absolute Gasteiger partial charge is 0.243 e. The average molecular weight is 315 g/mol. The van der Waals surface area contributed by atoms with Crippen LogP contribution in [0, 0.1) is 11.7 Å². The van der Waals surface area contributed by atoms with Gasteiger partial charge in [-0.05, 0) is 36.5 Å². The summed E-state index contributed by atoms with van der Waals surface area (Å²) in [6.45, 7) is 1.79. The first-order valence-electron chi connectivity index (χ1n) is 7.38. The number of aliphatic hydroxyl groups excluding tert-OH is 1. The van der Waals surface area contributed by atoms with E-state index in [1.54, 1.807) is 0 Å². The van der Waals surface area contributed by atoms with Crippen molar-refractivity contribution in [3.8, 4) is 0 Å². The molecule has 1 aromatic rings. The Balaban J connectivity index is 2.14. The zero-order chi connectivity index (χ0) is 15.5. The van der Waals surface area contributed by atoms with Crippen molar-refractivity contribution in [1.82, 2.24) is 4.72 Å². The molecular formula is C15H22FNO3S. The van der Waals surface area contributed by atoms with Crippen molar-refractivity contribution >= 4 is 10.0 Å². The van der Waals surface area contributed by atoms with Crippen LogP contribution in [0.5, 0.6) is 0 Å². The van der Waals surface area contributed by atoms with Gasteiger partial charge in [-0.25, -0.2) is 17.5 Å². The van der Waals surface area contributed by atoms with E-state index < -0.39 is 15.8 Å². The largest absolute Gasteiger partial charge is 0.392 e. The van der Waals surface area contributed by atoms with Gasteiger partial charge in [0.2, 0.25) is 10.0 Å². The van der Waals surface area contributed by atoms with Crippen LogP contribution in [-0.4, -0.2) is 19.6 Å². The molecule has 2 unspecified atom stereocenters. The molecule has 0 amide bonds. The lowest BCUT2D eigenvalue weighted by Crippen LogP contribution is -2.38. The van der Waals surface area contributed by atoms with Crippen LogP contribution >= 0.6 is 0 Å². The van der Waals surface area contributed by atoms with Gasteiger partial charge in [-0.15, -0.1) is 0 Å². The lowest BCUT2D eigenvalue weighted by molar-refractivity contribution is 0.281. The van der Waals surface area contributed by atoms with E-state index >= 15 is 0 Å². The van der Waals surface area contributed by atoms with Gasteiger partial charge in [-0.2, -0.15) is 0 Å². The van der Waals surface area contributed by atoms with Crippen molar-refractivity contribution in [2.75, 3.05) is 0 Å². The quantitative estimate of drug-likeness (QED) is 0.877. The predicted molar refractivity (Wildman–Crippen MR) is 78.7 cm³/mol. The number of aliphatic hydroxyl groups is 1. The monoisotopic (exact) mass is 315 g/mol. The number of benzene rings is 1. The summed E-state index contributed by atoms with van der Waals surface area (Å²) in [5, 5.41) is 8.94. The van der Waals surface area contributed by atoms with E-state index in [4.69, 9.17) is 5.11 Å². The predicted octanol–water partition coefficient (Wildman–Crippen LogP) is 2.57. The number of rotatable bonds is 5. The Morgan fingerprint density at radius 3 is 2.76 bits per heavy atom. The molecule has 0 aromatic heterocycles. The Morgan fingerprint density at radius 1 is 1.38 bits per heavy atom. The fraction of sp³-hybridized carbons (Fsp3) is 0.600. The molecule has 2 rings (SSSR count). The van der Waals surface area contributed by atoms with Crippen molar-refractivity contribution in [2.45, 2.75) is 56.6 Å². The van der Waals surface area contributed by atoms with Crippen molar-refractivity contribution in [1.29, 1.82) is 0 Å². The van der Waals surface area contributed by atoms with E-state index in [9.17, 15) is 12.8 Å². The standard InChI is InChI=1S/C15H22FNO3S/c1-2-11-4-3-5-13(8-11)17-21(19,20)15-7-6-12(10-18)9-14(15)16/h6-7,9,11,13,17-18H,2-5,8,10H2,1H3. The molecule has 118 valence electrons. The second kappa shape index (κ2) is 6.85. The van der Waals surface area contributed by atoms with Crippen molar-refractivity contribution in [3.63, 3.8) is 0 Å². The summed E-state index contributed by atoms with van der Waals surface area (Å²) in [5.41, 5.74) is 0.357. The Hall–Kier alpha value is -0.980. The van der Waals surface area contributed by atoms with Gasteiger partial charge >= 0.3 is 0 Å². The normalized spacial score (nSPS) is 23.2. The van der Waals surface area contributed by atoms with Crippen molar-refractivity contribution < 1.29 is 17.9 Å². The summed E-state index contributed by atoms with van der Waals surface area (Å²) in [6.07, 6.45) is 4.78. The molecule has 4 nitrogen and oxygen atoms in total. The molecule has 0 radical (unpaired) electrons. The minimum atomic E-state index is -3.85. The molecule has 0 bridgehead atoms. The maximum atomic E-state index is 13.9. The molecule has 0 aliphatic heterocycles. The van der Waals surface area contributed by atoms with Gasteiger partial charge in [0.15, 0.2) is 0 Å². The number of nitrogens with one attached hydrogen (secondary N) is 1. The van der Waals surface area contributed by atoms with Crippen LogP contribution in [0.4, 0.5) is 4.39 Å². The number of halogens is 1. The Kier molecular flexibility index (Phi) is 5.35. The Morgan fingerprint density at radius 2 is 2.14 bits per heavy atom. The van der Waals surface area contributed by atoms with Crippen LogP contribution < -0.4 is 4.72 Å². The third-order valence-corrected chi connectivity index (χ3v) is 5.70. The van der Waals surface area contributed by atoms with Gasteiger partial charge in [-0.1, -0.05) is 32.3 Å². The van der Waals surface area contributed by atoms with Crippen molar-refractivity contribution in [2.24, 2.45) is 5.92 Å². The van der Waals surface area contributed by atoms with E-state index in [1.807, 2.05) is 0 Å². The molecule has 21 heavy (non-hydrogen) atoms. The first-order valence-corrected chi connectivity index (χ1v) is 8.86. The summed E-state index contributed by atoms with van der Waals surface area (Å²) >= 11 is 0. The minimum Gasteiger partial charge on any atom is -0.392 e. The molecule has 1 aromatic carbocycles. The van der Waals surface area contributed by atoms with Crippen LogP contribution in [0.2, 0.25) is 0 Å². The van der Waals surface area contributed by atoms with E-state index in [0.717, 1.165) is 38.2 Å². The molecule has 0 saturated heterocycles. The zero-order valence-corrected chi connectivity index (χ0v) is 13.0. The van der Waals surface area contributed by atoms with Gasteiger partial charge in [0.05, 0.1) is 6.61 Å². The molecule has 2 N–H and O–H groups in total. The van der Waals surface area contributed by atoms with E-state index in [0.29, 0.717) is 11.5 Å². The number of sulfonamides is 1. The van der Waals surface area contributed by atoms with Crippen LogP contribution in [-0.2, 0) is 16.6 Å². The molecule has 1 aliphatic carbocycles. The summed E-state index contributed by atoms with van der Waals surface area (Å²) < 4.78 is 41.1. The SMILES string of the molecule is CCC1CCCC(NS(=O)(=O)c2ccc(CO)cc2F)C1. The summed E-state index contributed by atoms with van der Waals surface area (Å²) in [6, 6.07) is 3.58. The second-order valence-corrected chi connectivity index (χ2v) is 7.36. The van der Waals surface area contributed by atoms with Crippen LogP contribution in [0.1, 0.15) is 44.6 Å². The average Bonchev–Trinajstić information content (AvgIpc) is 2.46. The highest BCUT2D eigenvalue weighted by molar-refractivity contribution is 7.89. The Bertz CT molecular complexity index is 589. The lowest BCUT2D eigenvalue weighted by Gasteiger charge is -2.28. The molecule has 1 aliphatic rings. The highest BCUT2D eigenvalue weighted by atomic mass is 32.2. The fourth-order valence-electron chi connectivity index (χ4n) is 2.91. The summed E-state index contributed by atoms with van der Waals surface area (Å²) in [5.74, 6) is -0.287. The first kappa shape index (κ1) is 16.4. The molecule has 1 saturated carbocycles. The summed E-state index contributed by atoms with van der Waals surface area (Å²) in [4.78, 5) is -0.349. The first-order chi connectivity index (χ1) is 9.96. The van der Waals surface area contributed by atoms with Crippen LogP contribution in [0.25, 0.3) is 0 Å². The molecule has 0 spiro atoms. The van der Waals surface area contributed by atoms with Gasteiger partial charge in [0.25, 0.3) is 0 Å². The minimum absolute atomic E-state index is 0.120. The molecule has 2 atom stereocenters. The van der Waals surface area contributed by atoms with Crippen molar-refractivity contribution in [3.05, 3.63) is 29.6 Å². The highest BCUT2D eigenvalue weighted by Crippen LogP contribution is 2.28. The van der Waals surface area contributed by atoms with Gasteiger partial charge in [0.1, 0.15) is 10.7 Å². The maximum absolute atomic E-state index is 13.9. The maximum Gasteiger partial charge on any atom is 0.243 e. The second-order valence-electron chi connectivity index (χ2n) is 5.68.